The fourth-order valence-corrected chi connectivity index (χ4v) is 4.88. The number of fused-ring (bicyclic) bond motifs is 2. The van der Waals surface area contributed by atoms with Gasteiger partial charge in [0.1, 0.15) is 24.1 Å². The van der Waals surface area contributed by atoms with Crippen LogP contribution in [0, 0.1) is 5.41 Å². The van der Waals surface area contributed by atoms with Gasteiger partial charge >= 0.3 is 5.97 Å². The molecule has 14 heteroatoms. The number of carbonyl (C=O) groups is 3. The lowest BCUT2D eigenvalue weighted by Gasteiger charge is -2.50. The van der Waals surface area contributed by atoms with E-state index in [4.69, 9.17) is 75.5 Å². The van der Waals surface area contributed by atoms with Crippen LogP contribution in [0.3, 0.4) is 0 Å². The number of alkyl halides is 4. The quantitative estimate of drug-likeness (QED) is 0.175. The monoisotopic (exact) mass is 616 g/mol. The molecule has 0 spiro atoms. The maximum absolute atomic E-state index is 13.5. The summed E-state index contributed by atoms with van der Waals surface area (Å²) < 4.78 is 27.0. The van der Waals surface area contributed by atoms with Crippen LogP contribution in [-0.2, 0) is 28.5 Å². The first-order chi connectivity index (χ1) is 18.6. The minimum atomic E-state index is -2.30. The zero-order valence-corrected chi connectivity index (χ0v) is 22.8. The number of nitrogens with zero attached hydrogens (tertiary/aromatic N) is 1. The molecule has 2 amide bonds. The first-order valence-electron chi connectivity index (χ1n) is 11.6. The molecule has 1 N–H and O–H groups in total. The van der Waals surface area contributed by atoms with Gasteiger partial charge in [-0.15, -0.1) is 11.6 Å². The molecule has 206 valence electrons. The van der Waals surface area contributed by atoms with Crippen molar-refractivity contribution in [1.82, 2.24) is 4.90 Å². The maximum Gasteiger partial charge on any atom is 0.321 e. The Labute approximate surface area is 242 Å². The van der Waals surface area contributed by atoms with E-state index in [0.29, 0.717) is 5.56 Å². The van der Waals surface area contributed by atoms with Crippen LogP contribution >= 0.6 is 46.4 Å². The molecule has 0 radical (unpaired) electrons. The lowest BCUT2D eigenvalue weighted by Crippen LogP contribution is -2.69. The van der Waals surface area contributed by atoms with Crippen molar-refractivity contribution in [3.8, 4) is 0 Å². The third kappa shape index (κ3) is 5.47. The Hall–Kier alpha value is -2.44. The lowest BCUT2D eigenvalue weighted by atomic mass is 9.94. The normalized spacial score (nSPS) is 28.5. The molecule has 39 heavy (non-hydrogen) atoms. The van der Waals surface area contributed by atoms with Gasteiger partial charge in [0, 0.05) is 5.56 Å². The number of imide groups is 1. The molecule has 6 atom stereocenters. The Morgan fingerprint density at radius 2 is 1.59 bits per heavy atom. The molecular weight excluding hydrogens is 598 g/mol. The van der Waals surface area contributed by atoms with Crippen molar-refractivity contribution in [2.24, 2.45) is 0 Å². The number of halogens is 4. The summed E-state index contributed by atoms with van der Waals surface area (Å²) in [6, 6.07) is 13.7. The molecule has 0 bridgehead atoms. The molecule has 3 aliphatic rings. The molecule has 10 nitrogen and oxygen atoms in total. The van der Waals surface area contributed by atoms with Crippen LogP contribution in [0.25, 0.3) is 0 Å². The minimum absolute atomic E-state index is 0.0606. The Kier molecular flexibility index (Phi) is 8.08. The standard InChI is InChI=1S/C25H20Cl4N2O8/c26-10-16(32)37-19-17(31-20(33)13-8-4-5-9-14(13)21(31)34)23(39-24(30)25(27,28)29)36-15-11-35-22(38-18(15)19)12-6-2-1-3-7-12/h1-9,15,17-19,22-23,30H,10-11H2/t15-,17-,18-,19-,22-,23+/m1/s1. The summed E-state index contributed by atoms with van der Waals surface area (Å²) in [5, 5.41) is 8.11. The van der Waals surface area contributed by atoms with E-state index in [1.165, 1.54) is 12.1 Å². The van der Waals surface area contributed by atoms with Gasteiger partial charge in [-0.1, -0.05) is 77.3 Å². The van der Waals surface area contributed by atoms with Crippen LogP contribution in [0.4, 0.5) is 0 Å². The zero-order chi connectivity index (χ0) is 27.9. The zero-order valence-electron chi connectivity index (χ0n) is 19.8. The van der Waals surface area contributed by atoms with E-state index in [2.05, 4.69) is 0 Å². The van der Waals surface area contributed by atoms with Crippen molar-refractivity contribution in [3.05, 3.63) is 71.3 Å². The summed E-state index contributed by atoms with van der Waals surface area (Å²) in [4.78, 5) is 40.4. The SMILES string of the molecule is N=C(O[C@@H]1O[C@@H]2CO[C@@H](c3ccccc3)O[C@H]2[C@H](OC(=O)CCl)[C@H]1N1C(=O)c2ccccc2C1=O)C(Cl)(Cl)Cl. The summed E-state index contributed by atoms with van der Waals surface area (Å²) in [5.41, 5.74) is 0.918. The third-order valence-corrected chi connectivity index (χ3v) is 7.10. The van der Waals surface area contributed by atoms with E-state index in [1.807, 2.05) is 6.07 Å². The molecule has 2 fully saturated rings. The molecule has 3 heterocycles. The number of nitrogens with one attached hydrogen (secondary N) is 1. The number of amides is 2. The molecule has 5 rings (SSSR count). The number of ether oxygens (including phenoxy) is 5. The average Bonchev–Trinajstić information content (AvgIpc) is 3.18. The Balaban J connectivity index is 1.57. The highest BCUT2D eigenvalue weighted by Crippen LogP contribution is 2.40. The predicted molar refractivity (Wildman–Crippen MR) is 139 cm³/mol. The van der Waals surface area contributed by atoms with Crippen molar-refractivity contribution >= 4 is 70.1 Å². The van der Waals surface area contributed by atoms with Crippen molar-refractivity contribution in [1.29, 1.82) is 5.41 Å². The molecule has 0 unspecified atom stereocenters. The van der Waals surface area contributed by atoms with E-state index in [0.717, 1.165) is 4.90 Å². The van der Waals surface area contributed by atoms with E-state index in [9.17, 15) is 14.4 Å². The second-order valence-corrected chi connectivity index (χ2v) is 11.3. The van der Waals surface area contributed by atoms with Gasteiger partial charge in [0.15, 0.2) is 12.4 Å². The Morgan fingerprint density at radius 1 is 0.974 bits per heavy atom. The first kappa shape index (κ1) is 28.1. The number of benzene rings is 2. The van der Waals surface area contributed by atoms with Crippen LogP contribution in [0.15, 0.2) is 54.6 Å². The second kappa shape index (κ2) is 11.2. The fourth-order valence-electron chi connectivity index (χ4n) is 4.69. The van der Waals surface area contributed by atoms with E-state index in [1.54, 1.807) is 36.4 Å². The van der Waals surface area contributed by atoms with Gasteiger partial charge in [-0.25, -0.2) is 0 Å². The molecule has 0 aliphatic carbocycles. The van der Waals surface area contributed by atoms with Gasteiger partial charge in [0.05, 0.1) is 17.7 Å². The summed E-state index contributed by atoms with van der Waals surface area (Å²) >= 11 is 23.3. The molecule has 0 saturated carbocycles. The lowest BCUT2D eigenvalue weighted by molar-refractivity contribution is -0.341. The first-order valence-corrected chi connectivity index (χ1v) is 13.3. The van der Waals surface area contributed by atoms with Crippen LogP contribution < -0.4 is 0 Å². The van der Waals surface area contributed by atoms with Gasteiger partial charge in [-0.3, -0.25) is 24.7 Å². The average molecular weight is 618 g/mol. The Morgan fingerprint density at radius 3 is 2.18 bits per heavy atom. The van der Waals surface area contributed by atoms with Crippen molar-refractivity contribution < 1.29 is 38.1 Å². The highest BCUT2D eigenvalue weighted by Gasteiger charge is 2.59. The van der Waals surface area contributed by atoms with Crippen LogP contribution in [0.5, 0.6) is 0 Å². The van der Waals surface area contributed by atoms with E-state index >= 15 is 0 Å². The molecule has 2 saturated heterocycles. The van der Waals surface area contributed by atoms with E-state index < -0.39 is 70.3 Å². The van der Waals surface area contributed by atoms with Crippen molar-refractivity contribution in [2.75, 3.05) is 12.5 Å². The van der Waals surface area contributed by atoms with Crippen LogP contribution in [-0.4, -0.2) is 75.5 Å². The smallest absolute Gasteiger partial charge is 0.321 e. The predicted octanol–water partition coefficient (Wildman–Crippen LogP) is 4.00. The molecule has 0 aromatic heterocycles. The van der Waals surface area contributed by atoms with Gasteiger partial charge in [-0.2, -0.15) is 0 Å². The third-order valence-electron chi connectivity index (χ3n) is 6.37. The van der Waals surface area contributed by atoms with Gasteiger partial charge in [-0.05, 0) is 12.1 Å². The molecule has 3 aliphatic heterocycles. The van der Waals surface area contributed by atoms with Crippen molar-refractivity contribution in [2.45, 2.75) is 40.7 Å². The summed E-state index contributed by atoms with van der Waals surface area (Å²) in [7, 11) is 0. The fraction of sp³-hybridized carbons (Fsp3) is 0.360. The number of esters is 1. The Bertz CT molecular complexity index is 1260. The maximum atomic E-state index is 13.5. The van der Waals surface area contributed by atoms with Crippen LogP contribution in [0.1, 0.15) is 32.6 Å². The number of hydrogen-bond donors (Lipinski definition) is 1. The minimum Gasteiger partial charge on any atom is -0.456 e. The number of rotatable bonds is 5. The summed E-state index contributed by atoms with van der Waals surface area (Å²) in [6.07, 6.45) is -5.83. The van der Waals surface area contributed by atoms with Crippen LogP contribution in [0.2, 0.25) is 0 Å². The molecule has 2 aromatic carbocycles. The number of carbonyl (C=O) groups excluding carboxylic acids is 3. The van der Waals surface area contributed by atoms with E-state index in [-0.39, 0.29) is 17.7 Å². The van der Waals surface area contributed by atoms with Gasteiger partial charge < -0.3 is 23.7 Å². The summed E-state index contributed by atoms with van der Waals surface area (Å²) in [5.74, 6) is -3.63. The molecule has 2 aromatic rings. The topological polar surface area (TPSA) is 124 Å². The van der Waals surface area contributed by atoms with Gasteiger partial charge in [0.25, 0.3) is 15.6 Å². The molecular formula is C25H20Cl4N2O8. The highest BCUT2D eigenvalue weighted by molar-refractivity contribution is 6.76. The second-order valence-electron chi connectivity index (χ2n) is 8.77. The summed E-state index contributed by atoms with van der Waals surface area (Å²) in [6.45, 7) is -0.0606. The largest absolute Gasteiger partial charge is 0.456 e. The van der Waals surface area contributed by atoms with Gasteiger partial charge in [0.2, 0.25) is 12.2 Å². The number of hydrogen-bond acceptors (Lipinski definition) is 9. The van der Waals surface area contributed by atoms with Crippen molar-refractivity contribution in [3.63, 3.8) is 0 Å². The highest BCUT2D eigenvalue weighted by atomic mass is 35.6.